The molecule has 0 bridgehead atoms. The third kappa shape index (κ3) is 4.03. The monoisotopic (exact) mass is 455 g/mol. The Hall–Kier alpha value is -2.74. The summed E-state index contributed by atoms with van der Waals surface area (Å²) < 4.78 is 4.02. The first-order valence-corrected chi connectivity index (χ1v) is 10.4. The maximum atomic E-state index is 13.3. The van der Waals surface area contributed by atoms with Crippen LogP contribution in [0.25, 0.3) is 5.95 Å². The number of rotatable bonds is 4. The summed E-state index contributed by atoms with van der Waals surface area (Å²) >= 11 is 3.38. The molecule has 1 aliphatic carbocycles. The van der Waals surface area contributed by atoms with Crippen LogP contribution in [0.2, 0.25) is 0 Å². The number of nitrogens with one attached hydrogen (secondary N) is 1. The van der Waals surface area contributed by atoms with Gasteiger partial charge in [0.05, 0.1) is 11.4 Å². The van der Waals surface area contributed by atoms with E-state index in [1.807, 2.05) is 32.0 Å². The van der Waals surface area contributed by atoms with Gasteiger partial charge in [-0.05, 0) is 69.9 Å². The second-order valence-electron chi connectivity index (χ2n) is 7.33. The molecular weight excluding hydrogens is 434 g/mol. The van der Waals surface area contributed by atoms with Crippen LogP contribution < -0.4 is 10.9 Å². The fourth-order valence-corrected chi connectivity index (χ4v) is 3.96. The number of carbonyl (C=O) groups excluding carboxylic acids is 1. The Morgan fingerprint density at radius 1 is 1.17 bits per heavy atom. The number of aromatic nitrogens is 4. The predicted molar refractivity (Wildman–Crippen MR) is 115 cm³/mol. The van der Waals surface area contributed by atoms with Gasteiger partial charge in [-0.2, -0.15) is 5.10 Å². The van der Waals surface area contributed by atoms with Gasteiger partial charge in [-0.15, -0.1) is 0 Å². The Labute approximate surface area is 176 Å². The molecule has 4 rings (SSSR count). The fraction of sp³-hybridized carbons (Fsp3) is 0.333. The molecule has 3 aromatic rings. The van der Waals surface area contributed by atoms with E-state index in [2.05, 4.69) is 26.3 Å². The number of halogens is 1. The molecule has 1 aromatic carbocycles. The minimum absolute atomic E-state index is 0.122. The molecule has 0 fully saturated rings. The zero-order chi connectivity index (χ0) is 20.5. The van der Waals surface area contributed by atoms with Gasteiger partial charge in [-0.25, -0.2) is 9.67 Å². The van der Waals surface area contributed by atoms with Crippen LogP contribution in [0.5, 0.6) is 0 Å². The highest BCUT2D eigenvalue weighted by molar-refractivity contribution is 9.10. The van der Waals surface area contributed by atoms with Gasteiger partial charge in [0.25, 0.3) is 5.56 Å². The highest BCUT2D eigenvalue weighted by Gasteiger charge is 2.22. The summed E-state index contributed by atoms with van der Waals surface area (Å²) in [7, 11) is 0. The fourth-order valence-electron chi connectivity index (χ4n) is 3.69. The number of anilines is 1. The summed E-state index contributed by atoms with van der Waals surface area (Å²) in [5.41, 5.74) is 3.77. The Morgan fingerprint density at radius 2 is 1.90 bits per heavy atom. The Kier molecular flexibility index (Phi) is 5.36. The second-order valence-corrected chi connectivity index (χ2v) is 8.25. The first kappa shape index (κ1) is 19.6. The lowest BCUT2D eigenvalue weighted by Crippen LogP contribution is -2.35. The van der Waals surface area contributed by atoms with Gasteiger partial charge in [0.1, 0.15) is 6.54 Å². The van der Waals surface area contributed by atoms with Crippen molar-refractivity contribution in [1.82, 2.24) is 19.3 Å². The number of hydrogen-bond acceptors (Lipinski definition) is 4. The molecular formula is C21H22BrN5O2. The van der Waals surface area contributed by atoms with Crippen molar-refractivity contribution in [3.05, 3.63) is 67.8 Å². The lowest BCUT2D eigenvalue weighted by Gasteiger charge is -2.20. The van der Waals surface area contributed by atoms with Gasteiger partial charge in [0, 0.05) is 21.4 Å². The number of amides is 1. The third-order valence-electron chi connectivity index (χ3n) is 5.05. The number of fused-ring (bicyclic) bond motifs is 1. The minimum Gasteiger partial charge on any atom is -0.325 e. The van der Waals surface area contributed by atoms with E-state index in [1.165, 1.54) is 4.57 Å². The molecule has 1 N–H and O–H groups in total. The maximum absolute atomic E-state index is 13.3. The van der Waals surface area contributed by atoms with Crippen molar-refractivity contribution >= 4 is 27.5 Å². The zero-order valence-electron chi connectivity index (χ0n) is 16.4. The average molecular weight is 456 g/mol. The van der Waals surface area contributed by atoms with Gasteiger partial charge in [-0.3, -0.25) is 14.2 Å². The number of benzene rings is 1. The molecule has 1 aliphatic rings. The van der Waals surface area contributed by atoms with Gasteiger partial charge in [0.2, 0.25) is 11.9 Å². The number of carbonyl (C=O) groups is 1. The van der Waals surface area contributed by atoms with Gasteiger partial charge in [-0.1, -0.05) is 15.9 Å². The molecule has 0 radical (unpaired) electrons. The van der Waals surface area contributed by atoms with Crippen LogP contribution >= 0.6 is 15.9 Å². The predicted octanol–water partition coefficient (Wildman–Crippen LogP) is 3.33. The van der Waals surface area contributed by atoms with Crippen molar-refractivity contribution in [2.24, 2.45) is 0 Å². The molecule has 0 saturated carbocycles. The molecule has 2 heterocycles. The quantitative estimate of drug-likeness (QED) is 0.653. The van der Waals surface area contributed by atoms with Crippen molar-refractivity contribution in [1.29, 1.82) is 0 Å². The summed E-state index contributed by atoms with van der Waals surface area (Å²) in [5, 5.41) is 7.34. The SMILES string of the molecule is Cc1cc(C)n(-c2nc3c(c(=O)n2CC(=O)Nc2ccc(Br)cc2)CCCC3)n1. The molecule has 2 aromatic heterocycles. The average Bonchev–Trinajstić information content (AvgIpc) is 3.03. The van der Waals surface area contributed by atoms with Crippen LogP contribution in [0, 0.1) is 13.8 Å². The van der Waals surface area contributed by atoms with E-state index >= 15 is 0 Å². The topological polar surface area (TPSA) is 81.8 Å². The molecule has 150 valence electrons. The number of nitrogens with zero attached hydrogens (tertiary/aromatic N) is 4. The van der Waals surface area contributed by atoms with Crippen molar-refractivity contribution in [2.75, 3.05) is 5.32 Å². The normalized spacial score (nSPS) is 13.2. The molecule has 1 amide bonds. The molecule has 0 saturated heterocycles. The highest BCUT2D eigenvalue weighted by Crippen LogP contribution is 2.19. The molecule has 0 aliphatic heterocycles. The van der Waals surface area contributed by atoms with E-state index in [1.54, 1.807) is 16.8 Å². The maximum Gasteiger partial charge on any atom is 0.258 e. The van der Waals surface area contributed by atoms with Crippen molar-refractivity contribution in [3.63, 3.8) is 0 Å². The van der Waals surface area contributed by atoms with Gasteiger partial charge >= 0.3 is 0 Å². The van der Waals surface area contributed by atoms with Crippen LogP contribution in [-0.2, 0) is 24.2 Å². The minimum atomic E-state index is -0.283. The second kappa shape index (κ2) is 7.94. The molecule has 0 spiro atoms. The van der Waals surface area contributed by atoms with Gasteiger partial charge < -0.3 is 5.32 Å². The molecule has 29 heavy (non-hydrogen) atoms. The van der Waals surface area contributed by atoms with Crippen molar-refractivity contribution < 1.29 is 4.79 Å². The highest BCUT2D eigenvalue weighted by atomic mass is 79.9. The molecule has 0 unspecified atom stereocenters. The summed E-state index contributed by atoms with van der Waals surface area (Å²) in [6.45, 7) is 3.69. The van der Waals surface area contributed by atoms with Crippen molar-refractivity contribution in [3.8, 4) is 5.95 Å². The lowest BCUT2D eigenvalue weighted by molar-refractivity contribution is -0.116. The zero-order valence-corrected chi connectivity index (χ0v) is 18.0. The molecule has 8 heteroatoms. The number of aryl methyl sites for hydroxylation is 3. The third-order valence-corrected chi connectivity index (χ3v) is 5.58. The summed E-state index contributed by atoms with van der Waals surface area (Å²) in [4.78, 5) is 30.7. The van der Waals surface area contributed by atoms with Crippen LogP contribution in [0.15, 0.2) is 39.6 Å². The van der Waals surface area contributed by atoms with Crippen LogP contribution in [0.4, 0.5) is 5.69 Å². The first-order chi connectivity index (χ1) is 13.9. The Bertz CT molecular complexity index is 1130. The lowest BCUT2D eigenvalue weighted by atomic mass is 9.97. The summed E-state index contributed by atoms with van der Waals surface area (Å²) in [6.07, 6.45) is 3.47. The van der Waals surface area contributed by atoms with E-state index in [9.17, 15) is 9.59 Å². The van der Waals surface area contributed by atoms with E-state index in [0.717, 1.165) is 46.4 Å². The van der Waals surface area contributed by atoms with E-state index in [0.29, 0.717) is 18.1 Å². The summed E-state index contributed by atoms with van der Waals surface area (Å²) in [6, 6.07) is 9.24. The van der Waals surface area contributed by atoms with Crippen molar-refractivity contribution in [2.45, 2.75) is 46.1 Å². The first-order valence-electron chi connectivity index (χ1n) is 9.64. The smallest absolute Gasteiger partial charge is 0.258 e. The Balaban J connectivity index is 1.74. The van der Waals surface area contributed by atoms with Crippen LogP contribution in [0.3, 0.4) is 0 Å². The summed E-state index contributed by atoms with van der Waals surface area (Å²) in [5.74, 6) is 0.113. The standard InChI is InChI=1S/C21H22BrN5O2/c1-13-11-14(2)27(25-13)21-24-18-6-4-3-5-17(18)20(29)26(21)12-19(28)23-16-9-7-15(22)8-10-16/h7-11H,3-6,12H2,1-2H3,(H,23,28). The molecule has 7 nitrogen and oxygen atoms in total. The molecule has 0 atom stereocenters. The van der Waals surface area contributed by atoms with Crippen LogP contribution in [0.1, 0.15) is 35.5 Å². The van der Waals surface area contributed by atoms with Gasteiger partial charge in [0.15, 0.2) is 0 Å². The largest absolute Gasteiger partial charge is 0.325 e. The Morgan fingerprint density at radius 3 is 2.59 bits per heavy atom. The number of hydrogen-bond donors (Lipinski definition) is 1. The van der Waals surface area contributed by atoms with Crippen LogP contribution in [-0.4, -0.2) is 25.2 Å². The van der Waals surface area contributed by atoms with E-state index in [4.69, 9.17) is 4.98 Å². The van der Waals surface area contributed by atoms with E-state index < -0.39 is 0 Å². The van der Waals surface area contributed by atoms with E-state index in [-0.39, 0.29) is 18.0 Å².